The highest BCUT2D eigenvalue weighted by Crippen LogP contribution is 2.62. The predicted molar refractivity (Wildman–Crippen MR) is 114 cm³/mol. The van der Waals surface area contributed by atoms with Crippen LogP contribution in [0.25, 0.3) is 0 Å². The number of anilines is 1. The van der Waals surface area contributed by atoms with E-state index in [1.54, 1.807) is 12.1 Å². The molecule has 1 aromatic carbocycles. The molecule has 0 spiro atoms. The van der Waals surface area contributed by atoms with Crippen molar-refractivity contribution in [2.75, 3.05) is 5.32 Å². The summed E-state index contributed by atoms with van der Waals surface area (Å²) in [6.45, 7) is 8.76. The number of benzene rings is 1. The second-order valence-electron chi connectivity index (χ2n) is 10.0. The second kappa shape index (κ2) is 7.98. The van der Waals surface area contributed by atoms with Gasteiger partial charge < -0.3 is 10.4 Å². The smallest absolute Gasteiger partial charge is 0.337 e. The highest BCUT2D eigenvalue weighted by Gasteiger charge is 2.58. The first-order chi connectivity index (χ1) is 13.5. The van der Waals surface area contributed by atoms with E-state index in [0.717, 1.165) is 19.3 Å². The van der Waals surface area contributed by atoms with Crippen molar-refractivity contribution in [1.29, 1.82) is 0 Å². The van der Waals surface area contributed by atoms with Crippen LogP contribution in [-0.4, -0.2) is 22.6 Å². The number of rotatable bonds is 3. The minimum Gasteiger partial charge on any atom is -0.390 e. The van der Waals surface area contributed by atoms with Gasteiger partial charge in [-0.15, -0.1) is 0 Å². The van der Waals surface area contributed by atoms with Crippen LogP contribution < -0.4 is 16.2 Å². The lowest BCUT2D eigenvalue weighted by atomic mass is 9.45. The molecule has 1 aromatic rings. The molecule has 0 bridgehead atoms. The van der Waals surface area contributed by atoms with Crippen LogP contribution in [0.4, 0.5) is 10.5 Å². The molecule has 0 aliphatic heterocycles. The number of carbonyl (C=O) groups is 2. The van der Waals surface area contributed by atoms with Crippen molar-refractivity contribution < 1.29 is 14.7 Å². The number of fused-ring (bicyclic) bond motifs is 1. The number of hydrazine groups is 1. The molecule has 0 unspecified atom stereocenters. The lowest BCUT2D eigenvalue weighted by Crippen LogP contribution is -2.59. The Morgan fingerprint density at radius 3 is 2.41 bits per heavy atom. The number of para-hydroxylation sites is 1. The standard InChI is InChI=1S/C23H35N3O3/c1-21(2)12-8-13-22(3)17(21)11-14-23(4,29)18(22)15-19(27)25-26-20(28)24-16-9-6-5-7-10-16/h5-7,9-10,17-18,29H,8,11-15H2,1-4H3,(H,25,27)(H2,24,26,28)/t17-,18-,22-,23+/m1/s1. The van der Waals surface area contributed by atoms with Gasteiger partial charge in [0.2, 0.25) is 5.91 Å². The van der Waals surface area contributed by atoms with E-state index in [1.165, 1.54) is 6.42 Å². The third-order valence-corrected chi connectivity index (χ3v) is 7.50. The largest absolute Gasteiger partial charge is 0.390 e. The summed E-state index contributed by atoms with van der Waals surface area (Å²) in [7, 11) is 0. The quantitative estimate of drug-likeness (QED) is 0.572. The molecule has 0 heterocycles. The molecule has 2 aliphatic carbocycles. The molecule has 2 aliphatic rings. The Bertz CT molecular complexity index is 747. The summed E-state index contributed by atoms with van der Waals surface area (Å²) in [5.41, 5.74) is 4.81. The van der Waals surface area contributed by atoms with E-state index in [1.807, 2.05) is 25.1 Å². The van der Waals surface area contributed by atoms with E-state index in [-0.39, 0.29) is 29.1 Å². The minimum absolute atomic E-state index is 0.0901. The van der Waals surface area contributed by atoms with Crippen molar-refractivity contribution in [2.45, 2.75) is 71.8 Å². The Balaban J connectivity index is 1.63. The molecule has 0 radical (unpaired) electrons. The number of urea groups is 1. The van der Waals surface area contributed by atoms with Crippen LogP contribution in [-0.2, 0) is 4.79 Å². The molecule has 160 valence electrons. The monoisotopic (exact) mass is 401 g/mol. The maximum absolute atomic E-state index is 12.7. The van der Waals surface area contributed by atoms with Gasteiger partial charge in [-0.25, -0.2) is 10.2 Å². The highest BCUT2D eigenvalue weighted by atomic mass is 16.3. The van der Waals surface area contributed by atoms with Crippen molar-refractivity contribution in [3.63, 3.8) is 0 Å². The molecule has 2 fully saturated rings. The molecule has 3 rings (SSSR count). The van der Waals surface area contributed by atoms with Crippen LogP contribution >= 0.6 is 0 Å². The average molecular weight is 402 g/mol. The SMILES string of the molecule is CC1(C)CCC[C@]2(C)[C@@H]1CC[C@](C)(O)[C@@H]2CC(=O)NNC(=O)Nc1ccccc1. The zero-order chi connectivity index (χ0) is 21.3. The fraction of sp³-hybridized carbons (Fsp3) is 0.652. The van der Waals surface area contributed by atoms with Crippen LogP contribution in [0.2, 0.25) is 0 Å². The lowest BCUT2D eigenvalue weighted by molar-refractivity contribution is -0.173. The van der Waals surface area contributed by atoms with Crippen LogP contribution in [0.3, 0.4) is 0 Å². The number of amides is 3. The maximum atomic E-state index is 12.7. The Hall–Kier alpha value is -2.08. The molecule has 4 atom stereocenters. The molecular weight excluding hydrogens is 366 g/mol. The van der Waals surface area contributed by atoms with Gasteiger partial charge in [-0.1, -0.05) is 45.4 Å². The molecule has 6 heteroatoms. The molecular formula is C23H35N3O3. The first-order valence-electron chi connectivity index (χ1n) is 10.7. The zero-order valence-electron chi connectivity index (χ0n) is 18.0. The van der Waals surface area contributed by atoms with Gasteiger partial charge in [0.15, 0.2) is 0 Å². The Kier molecular flexibility index (Phi) is 5.95. The third kappa shape index (κ3) is 4.58. The first-order valence-corrected chi connectivity index (χ1v) is 10.7. The molecule has 3 amide bonds. The second-order valence-corrected chi connectivity index (χ2v) is 10.0. The molecule has 2 saturated carbocycles. The van der Waals surface area contributed by atoms with Crippen LogP contribution in [0, 0.1) is 22.7 Å². The highest BCUT2D eigenvalue weighted by molar-refractivity contribution is 5.90. The van der Waals surface area contributed by atoms with Crippen molar-refractivity contribution in [1.82, 2.24) is 10.9 Å². The number of aliphatic hydroxyl groups is 1. The van der Waals surface area contributed by atoms with E-state index in [4.69, 9.17) is 0 Å². The summed E-state index contributed by atoms with van der Waals surface area (Å²) in [6.07, 6.45) is 5.23. The van der Waals surface area contributed by atoms with Crippen LogP contribution in [0.5, 0.6) is 0 Å². The van der Waals surface area contributed by atoms with E-state index >= 15 is 0 Å². The fourth-order valence-corrected chi connectivity index (χ4v) is 6.12. The van der Waals surface area contributed by atoms with Gasteiger partial charge in [-0.2, -0.15) is 0 Å². The van der Waals surface area contributed by atoms with Gasteiger partial charge in [0.1, 0.15) is 0 Å². The number of carbonyl (C=O) groups excluding carboxylic acids is 2. The maximum Gasteiger partial charge on any atom is 0.337 e. The van der Waals surface area contributed by atoms with E-state index in [2.05, 4.69) is 36.9 Å². The van der Waals surface area contributed by atoms with Gasteiger partial charge in [0.05, 0.1) is 5.60 Å². The third-order valence-electron chi connectivity index (χ3n) is 7.50. The van der Waals surface area contributed by atoms with Crippen LogP contribution in [0.15, 0.2) is 30.3 Å². The van der Waals surface area contributed by atoms with Gasteiger partial charge in [-0.3, -0.25) is 10.2 Å². The number of hydrogen-bond acceptors (Lipinski definition) is 3. The Labute approximate surface area is 173 Å². The predicted octanol–water partition coefficient (Wildman–Crippen LogP) is 4.22. The van der Waals surface area contributed by atoms with E-state index in [9.17, 15) is 14.7 Å². The molecule has 6 nitrogen and oxygen atoms in total. The summed E-state index contributed by atoms with van der Waals surface area (Å²) >= 11 is 0. The van der Waals surface area contributed by atoms with Crippen molar-refractivity contribution in [3.05, 3.63) is 30.3 Å². The molecule has 0 aromatic heterocycles. The summed E-state index contributed by atoms with van der Waals surface area (Å²) in [5.74, 6) is 0.0622. The van der Waals surface area contributed by atoms with E-state index < -0.39 is 11.6 Å². The minimum atomic E-state index is -0.887. The van der Waals surface area contributed by atoms with Crippen molar-refractivity contribution in [3.8, 4) is 0 Å². The average Bonchev–Trinajstić information content (AvgIpc) is 2.63. The molecule has 4 N–H and O–H groups in total. The Morgan fingerprint density at radius 2 is 1.72 bits per heavy atom. The lowest BCUT2D eigenvalue weighted by Gasteiger charge is -2.61. The van der Waals surface area contributed by atoms with Gasteiger partial charge in [-0.05, 0) is 61.5 Å². The summed E-state index contributed by atoms with van der Waals surface area (Å²) < 4.78 is 0. The van der Waals surface area contributed by atoms with Crippen LogP contribution in [0.1, 0.15) is 66.2 Å². The normalized spacial score (nSPS) is 33.3. The summed E-state index contributed by atoms with van der Waals surface area (Å²) in [4.78, 5) is 24.7. The van der Waals surface area contributed by atoms with Gasteiger partial charge in [0.25, 0.3) is 0 Å². The molecule has 0 saturated heterocycles. The van der Waals surface area contributed by atoms with E-state index in [0.29, 0.717) is 18.0 Å². The van der Waals surface area contributed by atoms with Gasteiger partial charge >= 0.3 is 6.03 Å². The summed E-state index contributed by atoms with van der Waals surface area (Å²) in [5, 5.41) is 13.8. The topological polar surface area (TPSA) is 90.5 Å². The van der Waals surface area contributed by atoms with Crippen molar-refractivity contribution in [2.24, 2.45) is 22.7 Å². The number of nitrogens with one attached hydrogen (secondary N) is 3. The zero-order valence-corrected chi connectivity index (χ0v) is 18.0. The van der Waals surface area contributed by atoms with Gasteiger partial charge in [0, 0.05) is 18.0 Å². The first kappa shape index (κ1) is 21.6. The summed E-state index contributed by atoms with van der Waals surface area (Å²) in [6, 6.07) is 8.55. The number of hydrogen-bond donors (Lipinski definition) is 4. The molecule has 29 heavy (non-hydrogen) atoms. The fourth-order valence-electron chi connectivity index (χ4n) is 6.12. The van der Waals surface area contributed by atoms with Crippen molar-refractivity contribution >= 4 is 17.6 Å². The Morgan fingerprint density at radius 1 is 1.03 bits per heavy atom.